The van der Waals surface area contributed by atoms with E-state index in [0.717, 1.165) is 5.56 Å². The fourth-order valence-electron chi connectivity index (χ4n) is 3.75. The van der Waals surface area contributed by atoms with Gasteiger partial charge in [-0.25, -0.2) is 4.68 Å². The molecule has 0 saturated heterocycles. The van der Waals surface area contributed by atoms with Gasteiger partial charge in [-0.3, -0.25) is 14.4 Å². The third-order valence-electron chi connectivity index (χ3n) is 5.36. The van der Waals surface area contributed by atoms with E-state index in [1.54, 1.807) is 31.2 Å². The summed E-state index contributed by atoms with van der Waals surface area (Å²) in [5.74, 6) is -1.49. The Hall–Kier alpha value is -4.52. The van der Waals surface area contributed by atoms with Crippen LogP contribution in [0.3, 0.4) is 0 Å². The first-order valence-corrected chi connectivity index (χ1v) is 10.9. The number of carboxylic acid groups (broad SMARTS) is 1. The lowest BCUT2D eigenvalue weighted by Gasteiger charge is -2.17. The van der Waals surface area contributed by atoms with Crippen molar-refractivity contribution in [2.45, 2.75) is 19.9 Å². The molecule has 0 aliphatic heterocycles. The zero-order valence-electron chi connectivity index (χ0n) is 18.6. The van der Waals surface area contributed by atoms with Gasteiger partial charge in [0.05, 0.1) is 12.1 Å². The lowest BCUT2D eigenvalue weighted by Crippen LogP contribution is -2.32. The number of anilines is 1. The number of hydrogen-bond acceptors (Lipinski definition) is 4. The maximum absolute atomic E-state index is 13.5. The van der Waals surface area contributed by atoms with Crippen LogP contribution in [0.5, 0.6) is 0 Å². The fraction of sp³-hybridized carbons (Fsp3) is 0.111. The zero-order valence-corrected chi connectivity index (χ0v) is 18.6. The number of nitrogens with zero attached hydrogens (tertiary/aromatic N) is 2. The molecule has 0 fully saturated rings. The first-order valence-electron chi connectivity index (χ1n) is 10.9. The topological polar surface area (TPSA) is 101 Å². The fourth-order valence-corrected chi connectivity index (χ4v) is 3.75. The van der Waals surface area contributed by atoms with Crippen molar-refractivity contribution in [2.75, 3.05) is 5.32 Å². The third kappa shape index (κ3) is 4.78. The van der Waals surface area contributed by atoms with E-state index in [1.807, 2.05) is 60.7 Å². The molecule has 0 atom stereocenters. The molecule has 1 aromatic heterocycles. The predicted octanol–water partition coefficient (Wildman–Crippen LogP) is 4.48. The van der Waals surface area contributed by atoms with Crippen LogP contribution in [0.15, 0.2) is 89.7 Å². The number of aliphatic carboxylic acids is 1. The van der Waals surface area contributed by atoms with Gasteiger partial charge in [0.15, 0.2) is 0 Å². The minimum atomic E-state index is -0.936. The van der Waals surface area contributed by atoms with Crippen molar-refractivity contribution in [1.29, 1.82) is 0 Å². The number of carboxylic acids is 1. The molecule has 170 valence electrons. The van der Waals surface area contributed by atoms with Crippen LogP contribution in [0.1, 0.15) is 22.8 Å². The van der Waals surface area contributed by atoms with E-state index < -0.39 is 17.4 Å². The van der Waals surface area contributed by atoms with Crippen molar-refractivity contribution in [1.82, 2.24) is 9.78 Å². The van der Waals surface area contributed by atoms with Gasteiger partial charge in [0.1, 0.15) is 5.56 Å². The Morgan fingerprint density at radius 1 is 0.882 bits per heavy atom. The van der Waals surface area contributed by atoms with Gasteiger partial charge >= 0.3 is 5.97 Å². The van der Waals surface area contributed by atoms with Crippen LogP contribution >= 0.6 is 0 Å². The summed E-state index contributed by atoms with van der Waals surface area (Å²) >= 11 is 0. The Labute approximate surface area is 196 Å². The van der Waals surface area contributed by atoms with Crippen LogP contribution in [-0.4, -0.2) is 26.8 Å². The second-order valence-electron chi connectivity index (χ2n) is 7.67. The van der Waals surface area contributed by atoms with E-state index in [0.29, 0.717) is 34.6 Å². The number of aryl methyl sites for hydroxylation is 1. The van der Waals surface area contributed by atoms with Crippen molar-refractivity contribution in [2.24, 2.45) is 0 Å². The highest BCUT2D eigenvalue weighted by atomic mass is 16.4. The molecule has 0 bridgehead atoms. The van der Waals surface area contributed by atoms with E-state index in [4.69, 9.17) is 5.11 Å². The van der Waals surface area contributed by atoms with E-state index in [2.05, 4.69) is 10.4 Å². The Morgan fingerprint density at radius 3 is 2.03 bits per heavy atom. The number of hydrogen-bond donors (Lipinski definition) is 2. The number of benzene rings is 3. The Morgan fingerprint density at radius 2 is 1.47 bits per heavy atom. The summed E-state index contributed by atoms with van der Waals surface area (Å²) in [5.41, 5.74) is 3.07. The van der Waals surface area contributed by atoms with Gasteiger partial charge in [0, 0.05) is 23.4 Å². The summed E-state index contributed by atoms with van der Waals surface area (Å²) in [6, 6.07) is 25.2. The van der Waals surface area contributed by atoms with Crippen molar-refractivity contribution in [3.8, 4) is 22.4 Å². The molecule has 0 aliphatic rings. The number of amides is 1. The minimum absolute atomic E-state index is 0.00323. The van der Waals surface area contributed by atoms with E-state index in [-0.39, 0.29) is 12.0 Å². The molecule has 34 heavy (non-hydrogen) atoms. The molecule has 1 heterocycles. The average molecular weight is 453 g/mol. The standard InChI is InChI=1S/C27H23N3O4/c1-2-30-27(34)24(26(33)28-21-15-13-18(14-16-21)17-22(31)32)23(19-9-5-3-6-10-19)25(29-30)20-11-7-4-8-12-20/h3-16H,2,17H2,1H3,(H,28,33)(H,31,32). The van der Waals surface area contributed by atoms with Crippen LogP contribution in [0.2, 0.25) is 0 Å². The van der Waals surface area contributed by atoms with Crippen LogP contribution in [0.25, 0.3) is 22.4 Å². The summed E-state index contributed by atoms with van der Waals surface area (Å²) < 4.78 is 1.29. The molecule has 0 aliphatic carbocycles. The second kappa shape index (κ2) is 9.95. The van der Waals surface area contributed by atoms with Gasteiger partial charge in [-0.2, -0.15) is 5.10 Å². The van der Waals surface area contributed by atoms with E-state index in [1.165, 1.54) is 4.68 Å². The molecule has 3 aromatic carbocycles. The smallest absolute Gasteiger partial charge is 0.307 e. The molecule has 7 nitrogen and oxygen atoms in total. The first kappa shape index (κ1) is 22.7. The van der Waals surface area contributed by atoms with E-state index in [9.17, 15) is 14.4 Å². The van der Waals surface area contributed by atoms with Crippen LogP contribution in [0, 0.1) is 0 Å². The second-order valence-corrected chi connectivity index (χ2v) is 7.67. The molecule has 0 saturated carbocycles. The number of rotatable bonds is 7. The van der Waals surface area contributed by atoms with Crippen molar-refractivity contribution < 1.29 is 14.7 Å². The quantitative estimate of drug-likeness (QED) is 0.430. The summed E-state index contributed by atoms with van der Waals surface area (Å²) in [6.07, 6.45) is -0.113. The summed E-state index contributed by atoms with van der Waals surface area (Å²) in [4.78, 5) is 37.8. The molecule has 2 N–H and O–H groups in total. The summed E-state index contributed by atoms with van der Waals surface area (Å²) in [6.45, 7) is 2.10. The maximum atomic E-state index is 13.5. The molecule has 0 spiro atoms. The zero-order chi connectivity index (χ0) is 24.1. The molecule has 4 rings (SSSR count). The van der Waals surface area contributed by atoms with Crippen molar-refractivity contribution in [3.63, 3.8) is 0 Å². The van der Waals surface area contributed by atoms with Gasteiger partial charge in [-0.15, -0.1) is 0 Å². The van der Waals surface area contributed by atoms with Crippen LogP contribution in [0.4, 0.5) is 5.69 Å². The van der Waals surface area contributed by atoms with Gasteiger partial charge in [0.2, 0.25) is 0 Å². The molecular formula is C27H23N3O4. The molecule has 0 unspecified atom stereocenters. The van der Waals surface area contributed by atoms with Gasteiger partial charge in [-0.1, -0.05) is 72.8 Å². The number of carbonyl (C=O) groups excluding carboxylic acids is 1. The number of carbonyl (C=O) groups is 2. The van der Waals surface area contributed by atoms with Crippen molar-refractivity contribution >= 4 is 17.6 Å². The molecule has 7 heteroatoms. The monoisotopic (exact) mass is 453 g/mol. The third-order valence-corrected chi connectivity index (χ3v) is 5.36. The molecule has 0 radical (unpaired) electrons. The molecular weight excluding hydrogens is 430 g/mol. The van der Waals surface area contributed by atoms with Gasteiger partial charge in [-0.05, 0) is 30.2 Å². The minimum Gasteiger partial charge on any atom is -0.481 e. The largest absolute Gasteiger partial charge is 0.481 e. The van der Waals surface area contributed by atoms with Gasteiger partial charge < -0.3 is 10.4 Å². The lowest BCUT2D eigenvalue weighted by atomic mass is 9.95. The highest BCUT2D eigenvalue weighted by molar-refractivity contribution is 6.10. The average Bonchev–Trinajstić information content (AvgIpc) is 2.85. The highest BCUT2D eigenvalue weighted by Gasteiger charge is 2.25. The van der Waals surface area contributed by atoms with Crippen molar-refractivity contribution in [3.05, 3.63) is 106 Å². The van der Waals surface area contributed by atoms with Gasteiger partial charge in [0.25, 0.3) is 11.5 Å². The summed E-state index contributed by atoms with van der Waals surface area (Å²) in [5, 5.41) is 16.3. The molecule has 4 aromatic rings. The number of nitrogens with one attached hydrogen (secondary N) is 1. The van der Waals surface area contributed by atoms with Crippen LogP contribution < -0.4 is 10.9 Å². The molecule has 1 amide bonds. The number of aromatic nitrogens is 2. The highest BCUT2D eigenvalue weighted by Crippen LogP contribution is 2.32. The maximum Gasteiger partial charge on any atom is 0.307 e. The normalized spacial score (nSPS) is 10.6. The Kier molecular flexibility index (Phi) is 6.64. The Bertz CT molecular complexity index is 1380. The SMILES string of the molecule is CCn1nc(-c2ccccc2)c(-c2ccccc2)c(C(=O)Nc2ccc(CC(=O)O)cc2)c1=O. The lowest BCUT2D eigenvalue weighted by molar-refractivity contribution is -0.136. The first-order chi connectivity index (χ1) is 16.5. The van der Waals surface area contributed by atoms with E-state index >= 15 is 0 Å². The summed E-state index contributed by atoms with van der Waals surface area (Å²) in [7, 11) is 0. The Balaban J connectivity index is 1.86. The predicted molar refractivity (Wildman–Crippen MR) is 131 cm³/mol. The van der Waals surface area contributed by atoms with Crippen LogP contribution in [-0.2, 0) is 17.8 Å².